The Labute approximate surface area is 93.0 Å². The van der Waals surface area contributed by atoms with Crippen LogP contribution in [-0.2, 0) is 4.79 Å². The first kappa shape index (κ1) is 13.3. The van der Waals surface area contributed by atoms with Crippen LogP contribution < -0.4 is 5.32 Å². The summed E-state index contributed by atoms with van der Waals surface area (Å²) in [5.74, 6) is -0.459. The molecule has 94 valence electrons. The molecule has 1 N–H and O–H groups in total. The molecule has 2 atom stereocenters. The van der Waals surface area contributed by atoms with Crippen molar-refractivity contribution in [3.05, 3.63) is 0 Å². The van der Waals surface area contributed by atoms with Gasteiger partial charge in [-0.25, -0.2) is 0 Å². The number of halogens is 3. The lowest BCUT2D eigenvalue weighted by Gasteiger charge is -2.24. The van der Waals surface area contributed by atoms with Crippen LogP contribution in [-0.4, -0.2) is 35.2 Å². The Balaban J connectivity index is 2.86. The predicted molar refractivity (Wildman–Crippen MR) is 53.7 cm³/mol. The molecule has 3 nitrogen and oxygen atoms in total. The van der Waals surface area contributed by atoms with E-state index in [0.717, 1.165) is 4.90 Å². The zero-order valence-electron chi connectivity index (χ0n) is 9.69. The molecule has 1 saturated heterocycles. The highest BCUT2D eigenvalue weighted by Crippen LogP contribution is 2.28. The van der Waals surface area contributed by atoms with Crippen LogP contribution >= 0.6 is 0 Å². The molecule has 2 unspecified atom stereocenters. The third kappa shape index (κ3) is 2.48. The average Bonchev–Trinajstić information content (AvgIpc) is 2.41. The Hall–Kier alpha value is -0.780. The van der Waals surface area contributed by atoms with E-state index in [1.54, 1.807) is 20.8 Å². The molecule has 0 aromatic heterocycles. The molecule has 1 fully saturated rings. The fourth-order valence-electron chi connectivity index (χ4n) is 1.92. The molecule has 0 aliphatic carbocycles. The van der Waals surface area contributed by atoms with E-state index < -0.39 is 30.3 Å². The van der Waals surface area contributed by atoms with E-state index in [4.69, 9.17) is 0 Å². The van der Waals surface area contributed by atoms with Gasteiger partial charge < -0.3 is 4.90 Å². The van der Waals surface area contributed by atoms with Gasteiger partial charge in [-0.3, -0.25) is 10.1 Å². The molecule has 0 saturated carbocycles. The van der Waals surface area contributed by atoms with E-state index in [9.17, 15) is 18.0 Å². The second kappa shape index (κ2) is 4.24. The number of alkyl halides is 3. The minimum Gasteiger partial charge on any atom is -0.316 e. The van der Waals surface area contributed by atoms with Gasteiger partial charge in [0.15, 0.2) is 0 Å². The van der Waals surface area contributed by atoms with Crippen LogP contribution in [0, 0.1) is 0 Å². The summed E-state index contributed by atoms with van der Waals surface area (Å²) in [6.07, 6.45) is -3.91. The van der Waals surface area contributed by atoms with Crippen molar-refractivity contribution in [2.45, 2.75) is 51.5 Å². The number of hydrogen-bond donors (Lipinski definition) is 1. The molecule has 0 spiro atoms. The molecule has 1 amide bonds. The van der Waals surface area contributed by atoms with Crippen molar-refractivity contribution in [1.29, 1.82) is 0 Å². The zero-order valence-corrected chi connectivity index (χ0v) is 9.69. The summed E-state index contributed by atoms with van der Waals surface area (Å²) >= 11 is 0. The SMILES string of the molecule is CCC1NC(C)(CC)C(=O)N1CC(F)(F)F. The molecule has 0 aromatic carbocycles. The summed E-state index contributed by atoms with van der Waals surface area (Å²) < 4.78 is 37.0. The van der Waals surface area contributed by atoms with Crippen molar-refractivity contribution in [3.8, 4) is 0 Å². The maximum atomic E-state index is 12.3. The van der Waals surface area contributed by atoms with Crippen LogP contribution in [0.1, 0.15) is 33.6 Å². The summed E-state index contributed by atoms with van der Waals surface area (Å²) in [6.45, 7) is 4.02. The van der Waals surface area contributed by atoms with Crippen LogP contribution in [0.5, 0.6) is 0 Å². The Kier molecular flexibility index (Phi) is 3.52. The van der Waals surface area contributed by atoms with Crippen molar-refractivity contribution in [1.82, 2.24) is 10.2 Å². The highest BCUT2D eigenvalue weighted by molar-refractivity contribution is 5.88. The van der Waals surface area contributed by atoms with Crippen molar-refractivity contribution in [2.24, 2.45) is 0 Å². The first-order chi connectivity index (χ1) is 7.23. The molecular weight excluding hydrogens is 221 g/mol. The van der Waals surface area contributed by atoms with Gasteiger partial charge in [0.05, 0.1) is 11.7 Å². The van der Waals surface area contributed by atoms with Crippen LogP contribution in [0.4, 0.5) is 13.2 Å². The molecule has 6 heteroatoms. The highest BCUT2D eigenvalue weighted by Gasteiger charge is 2.49. The van der Waals surface area contributed by atoms with E-state index in [1.165, 1.54) is 0 Å². The number of carbonyl (C=O) groups excluding carboxylic acids is 1. The number of carbonyl (C=O) groups is 1. The second-order valence-electron chi connectivity index (χ2n) is 4.30. The molecule has 0 aromatic rings. The molecule has 1 aliphatic rings. The van der Waals surface area contributed by atoms with Crippen LogP contribution in [0.15, 0.2) is 0 Å². The minimum absolute atomic E-state index is 0.459. The predicted octanol–water partition coefficient (Wildman–Crippen LogP) is 1.89. The summed E-state index contributed by atoms with van der Waals surface area (Å²) in [7, 11) is 0. The van der Waals surface area contributed by atoms with Crippen molar-refractivity contribution in [3.63, 3.8) is 0 Å². The van der Waals surface area contributed by atoms with Gasteiger partial charge in [-0.05, 0) is 19.8 Å². The first-order valence-corrected chi connectivity index (χ1v) is 5.39. The van der Waals surface area contributed by atoms with E-state index in [2.05, 4.69) is 5.32 Å². The van der Waals surface area contributed by atoms with Gasteiger partial charge in [0.2, 0.25) is 5.91 Å². The fraction of sp³-hybridized carbons (Fsp3) is 0.900. The third-order valence-electron chi connectivity index (χ3n) is 3.04. The summed E-state index contributed by atoms with van der Waals surface area (Å²) in [4.78, 5) is 12.8. The minimum atomic E-state index is -4.34. The lowest BCUT2D eigenvalue weighted by molar-refractivity contribution is -0.162. The maximum Gasteiger partial charge on any atom is 0.406 e. The largest absolute Gasteiger partial charge is 0.406 e. The van der Waals surface area contributed by atoms with Crippen LogP contribution in [0.25, 0.3) is 0 Å². The molecule has 1 aliphatic heterocycles. The highest BCUT2D eigenvalue weighted by atomic mass is 19.4. The summed E-state index contributed by atoms with van der Waals surface area (Å²) in [5, 5.41) is 2.97. The Morgan fingerprint density at radius 2 is 2.00 bits per heavy atom. The van der Waals surface area contributed by atoms with Gasteiger partial charge in [0.1, 0.15) is 6.54 Å². The lowest BCUT2D eigenvalue weighted by atomic mass is 9.99. The van der Waals surface area contributed by atoms with E-state index >= 15 is 0 Å². The van der Waals surface area contributed by atoms with Crippen molar-refractivity contribution in [2.75, 3.05) is 6.54 Å². The molecule has 1 heterocycles. The van der Waals surface area contributed by atoms with E-state index in [1.807, 2.05) is 0 Å². The number of hydrogen-bond acceptors (Lipinski definition) is 2. The van der Waals surface area contributed by atoms with Gasteiger partial charge in [-0.15, -0.1) is 0 Å². The van der Waals surface area contributed by atoms with Gasteiger partial charge in [0, 0.05) is 0 Å². The van der Waals surface area contributed by atoms with E-state index in [-0.39, 0.29) is 0 Å². The quantitative estimate of drug-likeness (QED) is 0.814. The first-order valence-electron chi connectivity index (χ1n) is 5.39. The number of amides is 1. The molecular formula is C10H17F3N2O. The topological polar surface area (TPSA) is 32.3 Å². The van der Waals surface area contributed by atoms with E-state index in [0.29, 0.717) is 12.8 Å². The Bertz CT molecular complexity index is 280. The van der Waals surface area contributed by atoms with Crippen LogP contribution in [0.3, 0.4) is 0 Å². The van der Waals surface area contributed by atoms with Crippen molar-refractivity contribution < 1.29 is 18.0 Å². The van der Waals surface area contributed by atoms with Gasteiger partial charge in [0.25, 0.3) is 0 Å². The van der Waals surface area contributed by atoms with Gasteiger partial charge in [-0.2, -0.15) is 13.2 Å². The molecule has 1 rings (SSSR count). The lowest BCUT2D eigenvalue weighted by Crippen LogP contribution is -2.44. The van der Waals surface area contributed by atoms with Gasteiger partial charge in [-0.1, -0.05) is 13.8 Å². The average molecular weight is 238 g/mol. The normalized spacial score (nSPS) is 31.2. The molecule has 16 heavy (non-hydrogen) atoms. The Morgan fingerprint density at radius 1 is 1.44 bits per heavy atom. The van der Waals surface area contributed by atoms with Crippen LogP contribution in [0.2, 0.25) is 0 Å². The smallest absolute Gasteiger partial charge is 0.316 e. The summed E-state index contributed by atoms with van der Waals surface area (Å²) in [6, 6.07) is 0. The maximum absolute atomic E-state index is 12.3. The third-order valence-corrected chi connectivity index (χ3v) is 3.04. The second-order valence-corrected chi connectivity index (χ2v) is 4.30. The molecule has 0 radical (unpaired) electrons. The molecule has 0 bridgehead atoms. The number of nitrogens with one attached hydrogen (secondary N) is 1. The number of rotatable bonds is 3. The monoisotopic (exact) mass is 238 g/mol. The Morgan fingerprint density at radius 3 is 2.38 bits per heavy atom. The van der Waals surface area contributed by atoms with Crippen molar-refractivity contribution >= 4 is 5.91 Å². The zero-order chi connectivity index (χ0) is 12.6. The standard InChI is InChI=1S/C10H17F3N2O/c1-4-7-14-9(3,5-2)8(16)15(7)6-10(11,12)13/h7,14H,4-6H2,1-3H3. The van der Waals surface area contributed by atoms with Gasteiger partial charge >= 0.3 is 6.18 Å². The summed E-state index contributed by atoms with van der Waals surface area (Å²) in [5.41, 5.74) is -0.855. The fourth-order valence-corrected chi connectivity index (χ4v) is 1.92. The number of nitrogens with zero attached hydrogens (tertiary/aromatic N) is 1.